The van der Waals surface area contributed by atoms with Crippen LogP contribution in [0.1, 0.15) is 22.9 Å². The lowest BCUT2D eigenvalue weighted by Gasteiger charge is -2.18. The summed E-state index contributed by atoms with van der Waals surface area (Å²) >= 11 is 9.88. The van der Waals surface area contributed by atoms with Crippen molar-refractivity contribution >= 4 is 27.5 Å². The number of nitrogens with two attached hydrogens (primary N) is 1. The van der Waals surface area contributed by atoms with E-state index in [0.717, 1.165) is 28.8 Å². The summed E-state index contributed by atoms with van der Waals surface area (Å²) in [4.78, 5) is 2.10. The van der Waals surface area contributed by atoms with Gasteiger partial charge in [0.05, 0.1) is 29.5 Å². The summed E-state index contributed by atoms with van der Waals surface area (Å²) < 4.78 is 2.88. The van der Waals surface area contributed by atoms with E-state index in [1.807, 2.05) is 37.8 Å². The fraction of sp³-hybridized carbons (Fsp3) is 0.400. The Balaban J connectivity index is 2.34. The van der Waals surface area contributed by atoms with Crippen molar-refractivity contribution in [3.05, 3.63) is 50.7 Å². The molecule has 0 amide bonds. The summed E-state index contributed by atoms with van der Waals surface area (Å²) in [6.45, 7) is 3.69. The quantitative estimate of drug-likeness (QED) is 0.878. The van der Waals surface area contributed by atoms with E-state index >= 15 is 0 Å². The number of aryl methyl sites for hydroxylation is 1. The Morgan fingerprint density at radius 1 is 1.43 bits per heavy atom. The van der Waals surface area contributed by atoms with Gasteiger partial charge in [0.25, 0.3) is 0 Å². The zero-order valence-electron chi connectivity index (χ0n) is 12.5. The molecule has 1 atom stereocenters. The van der Waals surface area contributed by atoms with Crippen molar-refractivity contribution in [3.63, 3.8) is 0 Å². The Morgan fingerprint density at radius 2 is 2.14 bits per heavy atom. The summed E-state index contributed by atoms with van der Waals surface area (Å²) in [5, 5.41) is 4.95. The third kappa shape index (κ3) is 3.86. The van der Waals surface area contributed by atoms with Crippen LogP contribution in [0, 0.1) is 6.92 Å². The van der Waals surface area contributed by atoms with Crippen molar-refractivity contribution in [1.29, 1.82) is 0 Å². The number of nitrogens with zero attached hydrogens (tertiary/aromatic N) is 3. The Kier molecular flexibility index (Phi) is 5.43. The van der Waals surface area contributed by atoms with E-state index in [2.05, 4.69) is 32.0 Å². The summed E-state index contributed by atoms with van der Waals surface area (Å²) in [7, 11) is 4.06. The van der Waals surface area contributed by atoms with Crippen LogP contribution in [0.5, 0.6) is 0 Å². The highest BCUT2D eigenvalue weighted by molar-refractivity contribution is 9.10. The van der Waals surface area contributed by atoms with Gasteiger partial charge in [-0.1, -0.05) is 39.7 Å². The lowest BCUT2D eigenvalue weighted by molar-refractivity contribution is 0.368. The number of rotatable bonds is 5. The van der Waals surface area contributed by atoms with Crippen molar-refractivity contribution in [1.82, 2.24) is 14.7 Å². The number of hydrogen-bond donors (Lipinski definition) is 1. The van der Waals surface area contributed by atoms with E-state index in [1.54, 1.807) is 6.20 Å². The van der Waals surface area contributed by atoms with Crippen LogP contribution in [-0.2, 0) is 6.54 Å². The molecule has 0 aliphatic heterocycles. The van der Waals surface area contributed by atoms with Gasteiger partial charge in [0, 0.05) is 11.0 Å². The van der Waals surface area contributed by atoms with Crippen LogP contribution in [0.3, 0.4) is 0 Å². The fourth-order valence-electron chi connectivity index (χ4n) is 2.19. The van der Waals surface area contributed by atoms with Gasteiger partial charge >= 0.3 is 0 Å². The molecule has 0 spiro atoms. The molecule has 0 fully saturated rings. The average Bonchev–Trinajstić information content (AvgIpc) is 2.77. The monoisotopic (exact) mass is 370 g/mol. The summed E-state index contributed by atoms with van der Waals surface area (Å²) in [6.07, 6.45) is 1.66. The second kappa shape index (κ2) is 6.92. The van der Waals surface area contributed by atoms with Gasteiger partial charge in [-0.25, -0.2) is 0 Å². The highest BCUT2D eigenvalue weighted by Crippen LogP contribution is 2.31. The number of hydrogen-bond acceptors (Lipinski definition) is 3. The Morgan fingerprint density at radius 3 is 2.76 bits per heavy atom. The fourth-order valence-corrected chi connectivity index (χ4v) is 3.18. The van der Waals surface area contributed by atoms with Gasteiger partial charge in [0.1, 0.15) is 0 Å². The van der Waals surface area contributed by atoms with Crippen LogP contribution in [-0.4, -0.2) is 35.3 Å². The topological polar surface area (TPSA) is 47.1 Å². The van der Waals surface area contributed by atoms with Crippen molar-refractivity contribution in [2.24, 2.45) is 5.73 Å². The first-order valence-corrected chi connectivity index (χ1v) is 7.95. The van der Waals surface area contributed by atoms with Crippen molar-refractivity contribution in [2.75, 3.05) is 20.6 Å². The van der Waals surface area contributed by atoms with Gasteiger partial charge in [-0.3, -0.25) is 4.68 Å². The van der Waals surface area contributed by atoms with Gasteiger partial charge < -0.3 is 10.6 Å². The molecule has 114 valence electrons. The average molecular weight is 372 g/mol. The highest BCUT2D eigenvalue weighted by atomic mass is 79.9. The van der Waals surface area contributed by atoms with Crippen molar-refractivity contribution in [2.45, 2.75) is 19.5 Å². The van der Waals surface area contributed by atoms with Gasteiger partial charge in [-0.2, -0.15) is 5.10 Å². The van der Waals surface area contributed by atoms with Gasteiger partial charge in [-0.05, 0) is 38.2 Å². The minimum absolute atomic E-state index is 0.308. The van der Waals surface area contributed by atoms with E-state index in [0.29, 0.717) is 5.02 Å². The molecule has 0 bridgehead atoms. The second-order valence-corrected chi connectivity index (χ2v) is 6.67. The Hall–Kier alpha value is -0.880. The zero-order chi connectivity index (χ0) is 15.6. The predicted octanol–water partition coefficient (Wildman–Crippen LogP) is 3.22. The summed E-state index contributed by atoms with van der Waals surface area (Å²) in [5.74, 6) is 0. The lowest BCUT2D eigenvalue weighted by Crippen LogP contribution is -2.23. The first kappa shape index (κ1) is 16.5. The third-order valence-corrected chi connectivity index (χ3v) is 4.36. The van der Waals surface area contributed by atoms with Gasteiger partial charge in [-0.15, -0.1) is 0 Å². The van der Waals surface area contributed by atoms with Gasteiger partial charge in [0.2, 0.25) is 0 Å². The van der Waals surface area contributed by atoms with Crippen LogP contribution in [0.25, 0.3) is 0 Å². The van der Waals surface area contributed by atoms with E-state index in [1.165, 1.54) is 5.56 Å². The number of benzene rings is 1. The third-order valence-electron chi connectivity index (χ3n) is 3.38. The van der Waals surface area contributed by atoms with E-state index in [9.17, 15) is 0 Å². The van der Waals surface area contributed by atoms with Crippen LogP contribution in [0.15, 0.2) is 28.9 Å². The first-order chi connectivity index (χ1) is 9.90. The summed E-state index contributed by atoms with van der Waals surface area (Å²) in [5.41, 5.74) is 9.47. The maximum absolute atomic E-state index is 6.43. The smallest absolute Gasteiger partial charge is 0.0837 e. The molecule has 0 aliphatic rings. The first-order valence-electron chi connectivity index (χ1n) is 6.77. The number of aromatic nitrogens is 2. The minimum Gasteiger partial charge on any atom is -0.319 e. The molecular formula is C15H20BrClN4. The molecule has 2 rings (SSSR count). The van der Waals surface area contributed by atoms with Crippen LogP contribution in [0.2, 0.25) is 5.02 Å². The molecule has 0 saturated carbocycles. The molecule has 1 aromatic heterocycles. The Bertz CT molecular complexity index is 624. The number of halogens is 2. The molecule has 2 aromatic rings. The van der Waals surface area contributed by atoms with Gasteiger partial charge in [0.15, 0.2) is 0 Å². The van der Waals surface area contributed by atoms with E-state index in [4.69, 9.17) is 17.3 Å². The maximum Gasteiger partial charge on any atom is 0.0837 e. The standard InChI is InChI=1S/C15H20BrClN4/c1-10-4-5-11(12(16)8-10)14(18)15-13(17)9-19-21(15)7-6-20(2)3/h4-5,8-9,14H,6-7,18H2,1-3H3. The second-order valence-electron chi connectivity index (χ2n) is 5.41. The largest absolute Gasteiger partial charge is 0.319 e. The molecule has 1 aromatic carbocycles. The summed E-state index contributed by atoms with van der Waals surface area (Å²) in [6, 6.07) is 5.83. The SMILES string of the molecule is Cc1ccc(C(N)c2c(Cl)cnn2CCN(C)C)c(Br)c1. The molecule has 0 aliphatic carbocycles. The minimum atomic E-state index is -0.308. The van der Waals surface area contributed by atoms with Crippen molar-refractivity contribution < 1.29 is 0 Å². The van der Waals surface area contributed by atoms with E-state index < -0.39 is 0 Å². The molecular weight excluding hydrogens is 352 g/mol. The van der Waals surface area contributed by atoms with E-state index in [-0.39, 0.29) is 6.04 Å². The lowest BCUT2D eigenvalue weighted by atomic mass is 10.0. The van der Waals surface area contributed by atoms with Crippen LogP contribution in [0.4, 0.5) is 0 Å². The van der Waals surface area contributed by atoms with Crippen LogP contribution >= 0.6 is 27.5 Å². The molecule has 1 unspecified atom stereocenters. The molecule has 21 heavy (non-hydrogen) atoms. The van der Waals surface area contributed by atoms with Crippen molar-refractivity contribution in [3.8, 4) is 0 Å². The molecule has 1 heterocycles. The predicted molar refractivity (Wildman–Crippen MR) is 90.7 cm³/mol. The molecule has 0 radical (unpaired) electrons. The Labute approximate surface area is 139 Å². The maximum atomic E-state index is 6.43. The van der Waals surface area contributed by atoms with Crippen LogP contribution < -0.4 is 5.73 Å². The molecule has 4 nitrogen and oxygen atoms in total. The molecule has 6 heteroatoms. The highest BCUT2D eigenvalue weighted by Gasteiger charge is 2.20. The normalized spacial score (nSPS) is 12.9. The number of likely N-dealkylation sites (N-methyl/N-ethyl adjacent to an activating group) is 1. The molecule has 2 N–H and O–H groups in total. The molecule has 0 saturated heterocycles. The zero-order valence-corrected chi connectivity index (χ0v) is 14.8.